The molecule has 92 valence electrons. The Hall–Kier alpha value is -0.800. The summed E-state index contributed by atoms with van der Waals surface area (Å²) in [5.74, 6) is -1.85. The van der Waals surface area contributed by atoms with Crippen LogP contribution in [0.5, 0.6) is 0 Å². The maximum atomic E-state index is 12.3. The van der Waals surface area contributed by atoms with Crippen LogP contribution in [0.25, 0.3) is 0 Å². The fraction of sp³-hybridized carbons (Fsp3) is 0.900. The van der Waals surface area contributed by atoms with Crippen molar-refractivity contribution in [3.8, 4) is 6.07 Å². The topological polar surface area (TPSA) is 47.3 Å². The van der Waals surface area contributed by atoms with Gasteiger partial charge in [0.05, 0.1) is 12.2 Å². The van der Waals surface area contributed by atoms with Gasteiger partial charge in [-0.05, 0) is 18.9 Å². The van der Waals surface area contributed by atoms with Gasteiger partial charge in [0.1, 0.15) is 0 Å². The van der Waals surface area contributed by atoms with Crippen LogP contribution in [-0.4, -0.2) is 41.9 Å². The molecule has 1 saturated heterocycles. The van der Waals surface area contributed by atoms with E-state index in [2.05, 4.69) is 0 Å². The van der Waals surface area contributed by atoms with Gasteiger partial charge in [-0.1, -0.05) is 6.92 Å². The third-order valence-electron chi connectivity index (χ3n) is 2.99. The van der Waals surface area contributed by atoms with Crippen molar-refractivity contribution in [1.29, 1.82) is 5.26 Å². The summed E-state index contributed by atoms with van der Waals surface area (Å²) < 4.78 is 37.0. The molecule has 3 atom stereocenters. The van der Waals surface area contributed by atoms with Crippen LogP contribution in [0.2, 0.25) is 0 Å². The normalized spacial score (nSPS) is 29.8. The fourth-order valence-electron chi connectivity index (χ4n) is 1.76. The monoisotopic (exact) mass is 236 g/mol. The maximum Gasteiger partial charge on any atom is 0.405 e. The van der Waals surface area contributed by atoms with Crippen molar-refractivity contribution >= 4 is 0 Å². The quantitative estimate of drug-likeness (QED) is 0.788. The first-order valence-electron chi connectivity index (χ1n) is 5.21. The molecule has 3 unspecified atom stereocenters. The average molecular weight is 236 g/mol. The molecule has 0 spiro atoms. The lowest BCUT2D eigenvalue weighted by Gasteiger charge is -2.35. The summed E-state index contributed by atoms with van der Waals surface area (Å²) in [6.45, 7) is 2.25. The van der Waals surface area contributed by atoms with Gasteiger partial charge < -0.3 is 5.11 Å². The van der Waals surface area contributed by atoms with Gasteiger partial charge >= 0.3 is 6.18 Å². The van der Waals surface area contributed by atoms with E-state index in [4.69, 9.17) is 5.26 Å². The third-order valence-corrected chi connectivity index (χ3v) is 2.99. The highest BCUT2D eigenvalue weighted by Crippen LogP contribution is 2.27. The van der Waals surface area contributed by atoms with E-state index in [0.717, 1.165) is 0 Å². The Bertz CT molecular complexity index is 274. The summed E-state index contributed by atoms with van der Waals surface area (Å²) in [6.07, 6.45) is -4.42. The van der Waals surface area contributed by atoms with E-state index in [0.29, 0.717) is 13.0 Å². The number of rotatable bonds is 2. The maximum absolute atomic E-state index is 12.3. The predicted molar refractivity (Wildman–Crippen MR) is 51.4 cm³/mol. The molecule has 16 heavy (non-hydrogen) atoms. The van der Waals surface area contributed by atoms with Crippen molar-refractivity contribution in [3.63, 3.8) is 0 Å². The molecule has 0 aromatic carbocycles. The van der Waals surface area contributed by atoms with E-state index < -0.39 is 18.2 Å². The van der Waals surface area contributed by atoms with E-state index >= 15 is 0 Å². The van der Waals surface area contributed by atoms with Crippen LogP contribution in [0, 0.1) is 23.2 Å². The molecule has 6 heteroatoms. The SMILES string of the molecule is CC1CCN(CC(C#N)C(F)(F)F)CC1O. The second-order valence-electron chi connectivity index (χ2n) is 4.32. The molecule has 1 rings (SSSR count). The average Bonchev–Trinajstić information content (AvgIpc) is 2.18. The van der Waals surface area contributed by atoms with Gasteiger partial charge in [0.2, 0.25) is 0 Å². The van der Waals surface area contributed by atoms with Crippen LogP contribution in [0.1, 0.15) is 13.3 Å². The highest BCUT2D eigenvalue weighted by molar-refractivity contribution is 4.92. The molecule has 0 aromatic rings. The predicted octanol–water partition coefficient (Wildman–Crippen LogP) is 1.39. The smallest absolute Gasteiger partial charge is 0.392 e. The second kappa shape index (κ2) is 5.02. The molecule has 0 saturated carbocycles. The van der Waals surface area contributed by atoms with Crippen LogP contribution >= 0.6 is 0 Å². The number of nitriles is 1. The van der Waals surface area contributed by atoms with Crippen molar-refractivity contribution < 1.29 is 18.3 Å². The molecule has 1 aliphatic heterocycles. The highest BCUT2D eigenvalue weighted by atomic mass is 19.4. The number of alkyl halides is 3. The highest BCUT2D eigenvalue weighted by Gasteiger charge is 2.41. The second-order valence-corrected chi connectivity index (χ2v) is 4.32. The number of piperidine rings is 1. The molecular formula is C10H15F3N2O. The molecule has 1 heterocycles. The molecule has 0 aromatic heterocycles. The Morgan fingerprint density at radius 1 is 1.56 bits per heavy atom. The molecule has 1 aliphatic rings. The van der Waals surface area contributed by atoms with Gasteiger partial charge in [-0.2, -0.15) is 18.4 Å². The summed E-state index contributed by atoms with van der Waals surface area (Å²) in [5.41, 5.74) is 0. The zero-order chi connectivity index (χ0) is 12.3. The number of aliphatic hydroxyl groups is 1. The van der Waals surface area contributed by atoms with Crippen LogP contribution in [-0.2, 0) is 0 Å². The first kappa shape index (κ1) is 13.3. The van der Waals surface area contributed by atoms with Crippen molar-refractivity contribution in [2.75, 3.05) is 19.6 Å². The molecule has 3 nitrogen and oxygen atoms in total. The fourth-order valence-corrected chi connectivity index (χ4v) is 1.76. The molecule has 0 radical (unpaired) electrons. The number of likely N-dealkylation sites (tertiary alicyclic amines) is 1. The minimum Gasteiger partial charge on any atom is -0.392 e. The Morgan fingerprint density at radius 3 is 2.62 bits per heavy atom. The summed E-state index contributed by atoms with van der Waals surface area (Å²) in [6, 6.07) is 1.27. The molecule has 1 N–H and O–H groups in total. The van der Waals surface area contributed by atoms with Crippen LogP contribution in [0.3, 0.4) is 0 Å². The summed E-state index contributed by atoms with van der Waals surface area (Å²) in [5, 5.41) is 18.0. The molecular weight excluding hydrogens is 221 g/mol. The summed E-state index contributed by atoms with van der Waals surface area (Å²) >= 11 is 0. The largest absolute Gasteiger partial charge is 0.405 e. The van der Waals surface area contributed by atoms with Crippen molar-refractivity contribution in [1.82, 2.24) is 4.90 Å². The van der Waals surface area contributed by atoms with E-state index in [1.54, 1.807) is 0 Å². The van der Waals surface area contributed by atoms with Gasteiger partial charge in [-0.25, -0.2) is 0 Å². The van der Waals surface area contributed by atoms with Gasteiger partial charge in [-0.3, -0.25) is 4.90 Å². The zero-order valence-electron chi connectivity index (χ0n) is 9.04. The van der Waals surface area contributed by atoms with Crippen molar-refractivity contribution in [3.05, 3.63) is 0 Å². The first-order chi connectivity index (χ1) is 7.34. The van der Waals surface area contributed by atoms with Gasteiger partial charge in [0, 0.05) is 13.1 Å². The number of halogens is 3. The third kappa shape index (κ3) is 3.35. The van der Waals surface area contributed by atoms with E-state index in [1.807, 2.05) is 6.92 Å². The Balaban J connectivity index is 2.52. The Morgan fingerprint density at radius 2 is 2.19 bits per heavy atom. The van der Waals surface area contributed by atoms with E-state index in [-0.39, 0.29) is 19.0 Å². The number of β-amino-alcohol motifs (C(OH)–C–C–N with tert-alkyl or cyclic N) is 1. The van der Waals surface area contributed by atoms with Gasteiger partial charge in [-0.15, -0.1) is 0 Å². The van der Waals surface area contributed by atoms with Crippen LogP contribution in [0.15, 0.2) is 0 Å². The summed E-state index contributed by atoms with van der Waals surface area (Å²) in [7, 11) is 0. The van der Waals surface area contributed by atoms with Crippen molar-refractivity contribution in [2.45, 2.75) is 25.6 Å². The standard InChI is InChI=1S/C10H15F3N2O/c1-7-2-3-15(6-9(7)16)5-8(4-14)10(11,12)13/h7-9,16H,2-3,5-6H2,1H3. The van der Waals surface area contributed by atoms with Crippen LogP contribution in [0.4, 0.5) is 13.2 Å². The lowest BCUT2D eigenvalue weighted by atomic mass is 9.95. The lowest BCUT2D eigenvalue weighted by molar-refractivity contribution is -0.165. The molecule has 0 amide bonds. The summed E-state index contributed by atoms with van der Waals surface area (Å²) in [4.78, 5) is 1.51. The first-order valence-corrected chi connectivity index (χ1v) is 5.21. The van der Waals surface area contributed by atoms with Crippen molar-refractivity contribution in [2.24, 2.45) is 11.8 Å². The minimum atomic E-state index is -4.48. The van der Waals surface area contributed by atoms with Gasteiger partial charge in [0.15, 0.2) is 5.92 Å². The number of nitrogens with zero attached hydrogens (tertiary/aromatic N) is 2. The number of aliphatic hydroxyl groups excluding tert-OH is 1. The van der Waals surface area contributed by atoms with Crippen LogP contribution < -0.4 is 0 Å². The zero-order valence-corrected chi connectivity index (χ0v) is 9.04. The molecule has 0 aliphatic carbocycles. The van der Waals surface area contributed by atoms with Gasteiger partial charge in [0.25, 0.3) is 0 Å². The molecule has 0 bridgehead atoms. The Labute approximate surface area is 92.5 Å². The molecule has 1 fully saturated rings. The Kier molecular flexibility index (Phi) is 4.16. The number of hydrogen-bond acceptors (Lipinski definition) is 3. The van der Waals surface area contributed by atoms with E-state index in [1.165, 1.54) is 11.0 Å². The number of hydrogen-bond donors (Lipinski definition) is 1. The minimum absolute atomic E-state index is 0.114. The lowest BCUT2D eigenvalue weighted by Crippen LogP contribution is -2.46. The van der Waals surface area contributed by atoms with E-state index in [9.17, 15) is 18.3 Å².